The first-order valence-corrected chi connectivity index (χ1v) is 23.7. The van der Waals surface area contributed by atoms with E-state index < -0.39 is 0 Å². The van der Waals surface area contributed by atoms with Crippen LogP contribution in [0.25, 0.3) is 27.1 Å². The quantitative estimate of drug-likeness (QED) is 0.0422. The molecule has 68 heavy (non-hydrogen) atoms. The summed E-state index contributed by atoms with van der Waals surface area (Å²) >= 11 is 0. The summed E-state index contributed by atoms with van der Waals surface area (Å²) in [6.07, 6.45) is 12.8. The van der Waals surface area contributed by atoms with Gasteiger partial charge in [0.2, 0.25) is 5.91 Å². The summed E-state index contributed by atoms with van der Waals surface area (Å²) < 4.78 is 0. The minimum Gasteiger partial charge on any atom is -0.512 e. The molecular formula is C61H76N4O3. The molecular weight excluding hydrogens is 837 g/mol. The van der Waals surface area contributed by atoms with Gasteiger partial charge in [-0.25, -0.2) is 0 Å². The van der Waals surface area contributed by atoms with Gasteiger partial charge < -0.3 is 27.7 Å². The number of nitrogens with one attached hydrogen (secondary N) is 1. The zero-order chi connectivity index (χ0) is 50.6. The van der Waals surface area contributed by atoms with Gasteiger partial charge in [0, 0.05) is 23.6 Å². The number of nitrogens with two attached hydrogens (primary N) is 3. The highest BCUT2D eigenvalue weighted by Crippen LogP contribution is 2.39. The highest BCUT2D eigenvalue weighted by molar-refractivity contribution is 6.15. The van der Waals surface area contributed by atoms with E-state index in [0.717, 1.165) is 92.0 Å². The molecule has 6 aromatic rings. The third-order valence-corrected chi connectivity index (χ3v) is 10.5. The Balaban J connectivity index is 0.000000493. The second-order valence-electron chi connectivity index (χ2n) is 16.3. The Kier molecular flexibility index (Phi) is 26.0. The minimum absolute atomic E-state index is 0.00140. The van der Waals surface area contributed by atoms with Gasteiger partial charge in [-0.2, -0.15) is 0 Å². The zero-order valence-electron chi connectivity index (χ0n) is 42.2. The normalized spacial score (nSPS) is 12.8. The monoisotopic (exact) mass is 913 g/mol. The van der Waals surface area contributed by atoms with E-state index in [1.165, 1.54) is 31.4 Å². The van der Waals surface area contributed by atoms with Crippen LogP contribution in [0.5, 0.6) is 0 Å². The summed E-state index contributed by atoms with van der Waals surface area (Å²) in [6.45, 7) is 19.7. The van der Waals surface area contributed by atoms with Crippen molar-refractivity contribution < 1.29 is 14.7 Å². The summed E-state index contributed by atoms with van der Waals surface area (Å²) in [5, 5.41) is 23.8. The number of fused-ring (bicyclic) bond motifs is 2. The van der Waals surface area contributed by atoms with E-state index in [9.17, 15) is 14.7 Å². The third kappa shape index (κ3) is 18.3. The Morgan fingerprint density at radius 3 is 1.57 bits per heavy atom. The smallest absolute Gasteiger partial charge is 0.214 e. The second kappa shape index (κ2) is 31.0. The van der Waals surface area contributed by atoms with E-state index in [4.69, 9.17) is 16.9 Å². The van der Waals surface area contributed by atoms with Gasteiger partial charge in [0.1, 0.15) is 5.76 Å². The predicted octanol–water partition coefficient (Wildman–Crippen LogP) is 14.7. The van der Waals surface area contributed by atoms with E-state index in [-0.39, 0.29) is 17.4 Å². The van der Waals surface area contributed by atoms with Crippen molar-refractivity contribution in [1.82, 2.24) is 0 Å². The molecule has 6 aromatic carbocycles. The van der Waals surface area contributed by atoms with Crippen LogP contribution in [0.3, 0.4) is 0 Å². The van der Waals surface area contributed by atoms with Crippen molar-refractivity contribution in [3.63, 3.8) is 0 Å². The van der Waals surface area contributed by atoms with Crippen molar-refractivity contribution in [2.45, 2.75) is 101 Å². The molecule has 0 aliphatic heterocycles. The Morgan fingerprint density at radius 1 is 0.662 bits per heavy atom. The largest absolute Gasteiger partial charge is 0.512 e. The molecule has 0 atom stereocenters. The number of aliphatic hydroxyl groups excluding tert-OH is 1. The third-order valence-electron chi connectivity index (χ3n) is 10.5. The Labute approximate surface area is 407 Å². The minimum atomic E-state index is -0.333. The number of hydrogen-bond acceptors (Lipinski definition) is 6. The standard InChI is InChI=1S/C38H36N2O2.2C8H10.C3H8.C2H5NO.C2H7N/c1-23(31-14-6-12-28-13-8-16-34(40)38(28)31)17-18-29-19-20-30(37(29)36(25(3)41)26(4)42)21-22-33(39)32-15-7-11-27-10-5-9-24(2)35(27)32;2*1-2-8-6-4-3-5-7-8;1-3-2;1-2(3)4;1-2-3/h5-18,21-22,39,41H,19-20,40H2,1-4H3;2*3-7H,2H2,1H3;3H2,1-2H3;1H3,(H2,3,4);2-3H2,1H3/b22-21?,23-17+,29-18+,36-25?,39-33?;;;;;. The number of anilines is 1. The van der Waals surface area contributed by atoms with Gasteiger partial charge in [0.05, 0.1) is 11.3 Å². The summed E-state index contributed by atoms with van der Waals surface area (Å²) in [7, 11) is 0. The molecule has 0 heterocycles. The first-order chi connectivity index (χ1) is 32.6. The van der Waals surface area contributed by atoms with Crippen LogP contribution in [-0.4, -0.2) is 29.1 Å². The average Bonchev–Trinajstić information content (AvgIpc) is 3.72. The van der Waals surface area contributed by atoms with Crippen LogP contribution in [0.2, 0.25) is 0 Å². The van der Waals surface area contributed by atoms with Crippen molar-refractivity contribution >= 4 is 50.2 Å². The molecule has 8 N–H and O–H groups in total. The molecule has 7 nitrogen and oxygen atoms in total. The fourth-order valence-electron chi connectivity index (χ4n) is 7.46. The maximum Gasteiger partial charge on any atom is 0.214 e. The van der Waals surface area contributed by atoms with Crippen LogP contribution in [0.4, 0.5) is 5.69 Å². The number of carbonyl (C=O) groups excluding carboxylic acids is 2. The van der Waals surface area contributed by atoms with Crippen LogP contribution in [-0.2, 0) is 22.4 Å². The molecule has 0 bridgehead atoms. The molecule has 1 aliphatic carbocycles. The van der Waals surface area contributed by atoms with Gasteiger partial charge in [-0.3, -0.25) is 9.59 Å². The highest BCUT2D eigenvalue weighted by Gasteiger charge is 2.25. The van der Waals surface area contributed by atoms with Crippen molar-refractivity contribution in [2.24, 2.45) is 11.5 Å². The van der Waals surface area contributed by atoms with Crippen LogP contribution >= 0.6 is 0 Å². The fourth-order valence-corrected chi connectivity index (χ4v) is 7.46. The first-order valence-electron chi connectivity index (χ1n) is 23.7. The van der Waals surface area contributed by atoms with Gasteiger partial charge in [0.15, 0.2) is 5.78 Å². The summed E-state index contributed by atoms with van der Waals surface area (Å²) in [5.41, 5.74) is 26.7. The summed E-state index contributed by atoms with van der Waals surface area (Å²) in [4.78, 5) is 22.0. The van der Waals surface area contributed by atoms with E-state index >= 15 is 0 Å². The van der Waals surface area contributed by atoms with Crippen molar-refractivity contribution in [3.8, 4) is 0 Å². The lowest BCUT2D eigenvalue weighted by Gasteiger charge is -2.12. The molecule has 0 radical (unpaired) electrons. The van der Waals surface area contributed by atoms with E-state index in [1.807, 2.05) is 67.6 Å². The maximum atomic E-state index is 12.8. The zero-order valence-corrected chi connectivity index (χ0v) is 42.2. The number of allylic oxidation sites excluding steroid dienone is 10. The molecule has 0 unspecified atom stereocenters. The Hall–Kier alpha value is -7.09. The van der Waals surface area contributed by atoms with Crippen LogP contribution in [0, 0.1) is 12.3 Å². The number of nitrogen functional groups attached to an aromatic ring is 1. The molecule has 0 aromatic heterocycles. The van der Waals surface area contributed by atoms with Gasteiger partial charge >= 0.3 is 0 Å². The predicted molar refractivity (Wildman–Crippen MR) is 294 cm³/mol. The van der Waals surface area contributed by atoms with E-state index in [1.54, 1.807) is 6.92 Å². The topological polar surface area (TPSA) is 156 Å². The number of primary amides is 1. The number of aryl methyl sites for hydroxylation is 3. The molecule has 1 aliphatic rings. The number of Topliss-reactive ketones (excluding diaryl/α,β-unsaturated/α-hetero) is 1. The lowest BCUT2D eigenvalue weighted by atomic mass is 9.92. The van der Waals surface area contributed by atoms with E-state index in [2.05, 4.69) is 144 Å². The highest BCUT2D eigenvalue weighted by atomic mass is 16.3. The molecule has 7 rings (SSSR count). The Morgan fingerprint density at radius 2 is 1.12 bits per heavy atom. The average molecular weight is 913 g/mol. The van der Waals surface area contributed by atoms with Gasteiger partial charge in [0.25, 0.3) is 0 Å². The molecule has 0 saturated carbocycles. The lowest BCUT2D eigenvalue weighted by Crippen LogP contribution is -2.05. The maximum absolute atomic E-state index is 12.8. The fraction of sp³-hybridized carbons (Fsp3) is 0.262. The summed E-state index contributed by atoms with van der Waals surface area (Å²) in [5.74, 6) is -0.524. The molecule has 7 heteroatoms. The van der Waals surface area contributed by atoms with E-state index in [0.29, 0.717) is 17.7 Å². The number of benzene rings is 6. The van der Waals surface area contributed by atoms with Crippen molar-refractivity contribution in [1.29, 1.82) is 5.41 Å². The number of ketones is 1. The summed E-state index contributed by atoms with van der Waals surface area (Å²) in [6, 6.07) is 45.2. The number of rotatable bonds is 9. The second-order valence-corrected chi connectivity index (χ2v) is 16.3. The van der Waals surface area contributed by atoms with Crippen LogP contribution < -0.4 is 17.2 Å². The number of amides is 1. The molecule has 0 saturated heterocycles. The lowest BCUT2D eigenvalue weighted by molar-refractivity contribution is -0.116. The molecule has 1 amide bonds. The SMILES string of the molecule is CC(=O)C(=C(C)O)C1=C(C=CC(=N)c2cccc3cccc(C)c23)CC/C1=C\C=C(/C)c1cccc2cccc(N)c12.CC(N)=O.CCC.CCN.CCc1ccccc1.CCc1ccccc1. The number of aliphatic hydroxyl groups is 1. The number of carbonyl (C=O) groups is 2. The molecule has 0 spiro atoms. The number of hydrogen-bond donors (Lipinski definition) is 5. The van der Waals surface area contributed by atoms with Crippen molar-refractivity contribution in [3.05, 3.63) is 214 Å². The molecule has 358 valence electrons. The first kappa shape index (κ1) is 57.0. The van der Waals surface area contributed by atoms with Crippen LogP contribution in [0.15, 0.2) is 186 Å². The molecule has 0 fully saturated rings. The van der Waals surface area contributed by atoms with Crippen molar-refractivity contribution in [2.75, 3.05) is 12.3 Å². The van der Waals surface area contributed by atoms with Crippen LogP contribution in [0.1, 0.15) is 109 Å². The van der Waals surface area contributed by atoms with Gasteiger partial charge in [-0.05, 0) is 133 Å². The Bertz CT molecular complexity index is 2650. The van der Waals surface area contributed by atoms with Gasteiger partial charge in [-0.15, -0.1) is 0 Å². The van der Waals surface area contributed by atoms with Gasteiger partial charge in [-0.1, -0.05) is 187 Å².